The van der Waals surface area contributed by atoms with Gasteiger partial charge in [0.05, 0.1) is 10.9 Å². The third kappa shape index (κ3) is 4.19. The van der Waals surface area contributed by atoms with Crippen molar-refractivity contribution in [3.63, 3.8) is 0 Å². The van der Waals surface area contributed by atoms with Crippen molar-refractivity contribution in [1.82, 2.24) is 0 Å². The molecule has 0 bridgehead atoms. The Labute approximate surface area is 217 Å². The van der Waals surface area contributed by atoms with Crippen LogP contribution in [0.5, 0.6) is 0 Å². The zero-order chi connectivity index (χ0) is 25.9. The first-order valence-electron chi connectivity index (χ1n) is 12.8. The molecule has 0 amide bonds. The number of hydrogen-bond acceptors (Lipinski definition) is 1. The SMILES string of the molecule is Cc1cc(F)c2c(oc3cc(-c4ccc5ccccc5c4)ccc32)c1-c1cc(CC(C)(C)C)cc[n+]1C. The Kier molecular flexibility index (Phi) is 5.41. The summed E-state index contributed by atoms with van der Waals surface area (Å²) >= 11 is 0. The van der Waals surface area contributed by atoms with Crippen LogP contribution >= 0.6 is 0 Å². The first-order chi connectivity index (χ1) is 17.7. The molecule has 2 nitrogen and oxygen atoms in total. The molecule has 0 spiro atoms. The maximum atomic E-state index is 15.4. The minimum Gasteiger partial charge on any atom is -0.455 e. The minimum absolute atomic E-state index is 0.170. The Bertz CT molecular complexity index is 1820. The van der Waals surface area contributed by atoms with Gasteiger partial charge in [-0.1, -0.05) is 63.2 Å². The second-order valence-corrected chi connectivity index (χ2v) is 11.4. The summed E-state index contributed by atoms with van der Waals surface area (Å²) in [6, 6.07) is 26.9. The quantitative estimate of drug-likeness (QED) is 0.227. The van der Waals surface area contributed by atoms with Gasteiger partial charge in [-0.05, 0) is 76.1 Å². The highest BCUT2D eigenvalue weighted by atomic mass is 19.1. The Balaban J connectivity index is 1.55. The highest BCUT2D eigenvalue weighted by molar-refractivity contribution is 6.11. The molecule has 2 aromatic heterocycles. The van der Waals surface area contributed by atoms with E-state index in [0.717, 1.165) is 39.8 Å². The van der Waals surface area contributed by atoms with Gasteiger partial charge < -0.3 is 4.42 Å². The number of fused-ring (bicyclic) bond motifs is 4. The summed E-state index contributed by atoms with van der Waals surface area (Å²) in [7, 11) is 2.03. The summed E-state index contributed by atoms with van der Waals surface area (Å²) < 4.78 is 24.0. The van der Waals surface area contributed by atoms with Crippen molar-refractivity contribution in [3.05, 3.63) is 102 Å². The lowest BCUT2D eigenvalue weighted by molar-refractivity contribution is -0.660. The summed E-state index contributed by atoms with van der Waals surface area (Å²) in [5.74, 6) is -0.248. The van der Waals surface area contributed by atoms with E-state index in [1.54, 1.807) is 6.07 Å². The van der Waals surface area contributed by atoms with Crippen molar-refractivity contribution in [2.24, 2.45) is 12.5 Å². The molecule has 0 radical (unpaired) electrons. The van der Waals surface area contributed by atoms with Crippen LogP contribution in [0.2, 0.25) is 0 Å². The third-order valence-corrected chi connectivity index (χ3v) is 7.18. The number of furan rings is 1. The molecule has 6 aromatic rings. The average molecular weight is 489 g/mol. The van der Waals surface area contributed by atoms with Crippen LogP contribution in [0, 0.1) is 18.2 Å². The first-order valence-corrected chi connectivity index (χ1v) is 12.8. The van der Waals surface area contributed by atoms with Crippen molar-refractivity contribution in [3.8, 4) is 22.4 Å². The molecule has 0 aliphatic rings. The Morgan fingerprint density at radius 1 is 0.838 bits per heavy atom. The summed E-state index contributed by atoms with van der Waals surface area (Å²) in [6.45, 7) is 8.69. The number of hydrogen-bond donors (Lipinski definition) is 0. The summed E-state index contributed by atoms with van der Waals surface area (Å²) in [5.41, 5.74) is 7.72. The van der Waals surface area contributed by atoms with Crippen LogP contribution in [0.25, 0.3) is 55.1 Å². The number of benzene rings is 4. The van der Waals surface area contributed by atoms with E-state index < -0.39 is 0 Å². The molecule has 2 heterocycles. The fourth-order valence-corrected chi connectivity index (χ4v) is 5.47. The van der Waals surface area contributed by atoms with Crippen molar-refractivity contribution >= 4 is 32.7 Å². The van der Waals surface area contributed by atoms with E-state index in [0.29, 0.717) is 16.6 Å². The molecule has 0 saturated carbocycles. The zero-order valence-electron chi connectivity index (χ0n) is 22.0. The van der Waals surface area contributed by atoms with Crippen LogP contribution in [-0.4, -0.2) is 0 Å². The standard InChI is InChI=1S/C34H31FNO/c1-21-16-28(35)32-27-13-12-26(25-11-10-23-8-6-7-9-24(23)18-25)19-30(27)37-33(32)31(21)29-17-22(14-15-36(29)5)20-34(2,3)4/h6-19H,20H2,1-5H3/q+1. The molecule has 0 N–H and O–H groups in total. The van der Waals surface area contributed by atoms with Crippen LogP contribution in [0.15, 0.2) is 89.5 Å². The smallest absolute Gasteiger partial charge is 0.216 e. The second-order valence-electron chi connectivity index (χ2n) is 11.4. The van der Waals surface area contributed by atoms with E-state index in [9.17, 15) is 0 Å². The average Bonchev–Trinajstić information content (AvgIpc) is 3.23. The molecule has 0 atom stereocenters. The zero-order valence-corrected chi connectivity index (χ0v) is 22.0. The van der Waals surface area contributed by atoms with Crippen molar-refractivity contribution in [1.29, 1.82) is 0 Å². The lowest BCUT2D eigenvalue weighted by Gasteiger charge is -2.18. The number of pyridine rings is 1. The normalized spacial score (nSPS) is 12.2. The van der Waals surface area contributed by atoms with Gasteiger partial charge in [-0.25, -0.2) is 8.96 Å². The van der Waals surface area contributed by atoms with Crippen molar-refractivity contribution in [2.45, 2.75) is 34.1 Å². The largest absolute Gasteiger partial charge is 0.455 e. The third-order valence-electron chi connectivity index (χ3n) is 7.18. The number of nitrogens with zero attached hydrogens (tertiary/aromatic N) is 1. The van der Waals surface area contributed by atoms with Crippen molar-refractivity contribution < 1.29 is 13.4 Å². The number of rotatable bonds is 3. The van der Waals surface area contributed by atoms with E-state index in [1.807, 2.05) is 26.1 Å². The van der Waals surface area contributed by atoms with E-state index in [4.69, 9.17) is 4.42 Å². The van der Waals surface area contributed by atoms with Crippen LogP contribution in [0.4, 0.5) is 4.39 Å². The molecule has 37 heavy (non-hydrogen) atoms. The van der Waals surface area contributed by atoms with E-state index >= 15 is 4.39 Å². The van der Waals surface area contributed by atoms with E-state index in [-0.39, 0.29) is 11.2 Å². The van der Waals surface area contributed by atoms with Gasteiger partial charge in [-0.15, -0.1) is 0 Å². The van der Waals surface area contributed by atoms with Gasteiger partial charge in [0.1, 0.15) is 18.4 Å². The van der Waals surface area contributed by atoms with Gasteiger partial charge in [0.2, 0.25) is 5.69 Å². The predicted octanol–water partition coefficient (Wildman–Crippen LogP) is 8.93. The maximum Gasteiger partial charge on any atom is 0.216 e. The van der Waals surface area contributed by atoms with Crippen LogP contribution in [-0.2, 0) is 13.5 Å². The fraction of sp³-hybridized carbons (Fsp3) is 0.206. The van der Waals surface area contributed by atoms with Gasteiger partial charge in [-0.3, -0.25) is 0 Å². The molecule has 184 valence electrons. The monoisotopic (exact) mass is 488 g/mol. The summed E-state index contributed by atoms with van der Waals surface area (Å²) in [5, 5.41) is 3.74. The minimum atomic E-state index is -0.248. The van der Waals surface area contributed by atoms with Gasteiger partial charge in [0.15, 0.2) is 11.8 Å². The Hall–Kier alpha value is -3.98. The fourth-order valence-electron chi connectivity index (χ4n) is 5.47. The topological polar surface area (TPSA) is 17.0 Å². The van der Waals surface area contributed by atoms with Crippen LogP contribution in [0.3, 0.4) is 0 Å². The van der Waals surface area contributed by atoms with Gasteiger partial charge in [-0.2, -0.15) is 0 Å². The summed E-state index contributed by atoms with van der Waals surface area (Å²) in [6.07, 6.45) is 3.05. The second kappa shape index (κ2) is 8.55. The first kappa shape index (κ1) is 23.4. The lowest BCUT2D eigenvalue weighted by atomic mass is 9.87. The maximum absolute atomic E-state index is 15.4. The molecule has 3 heteroatoms. The van der Waals surface area contributed by atoms with Crippen molar-refractivity contribution in [2.75, 3.05) is 0 Å². The molecule has 0 unspecified atom stereocenters. The Morgan fingerprint density at radius 2 is 1.57 bits per heavy atom. The summed E-state index contributed by atoms with van der Waals surface area (Å²) in [4.78, 5) is 0. The molecule has 0 fully saturated rings. The van der Waals surface area contributed by atoms with E-state index in [1.165, 1.54) is 16.3 Å². The molecule has 4 aromatic carbocycles. The van der Waals surface area contributed by atoms with Gasteiger partial charge in [0, 0.05) is 17.5 Å². The van der Waals surface area contributed by atoms with Crippen LogP contribution < -0.4 is 4.57 Å². The number of aromatic nitrogens is 1. The van der Waals surface area contributed by atoms with Gasteiger partial charge in [0.25, 0.3) is 0 Å². The van der Waals surface area contributed by atoms with Gasteiger partial charge >= 0.3 is 0 Å². The predicted molar refractivity (Wildman–Crippen MR) is 151 cm³/mol. The molecular weight excluding hydrogens is 457 g/mol. The number of halogens is 1. The van der Waals surface area contributed by atoms with E-state index in [2.05, 4.69) is 92.2 Å². The highest BCUT2D eigenvalue weighted by Gasteiger charge is 2.25. The molecule has 0 saturated heterocycles. The lowest BCUT2D eigenvalue weighted by Crippen LogP contribution is -2.31. The molecule has 6 rings (SSSR count). The number of aryl methyl sites for hydroxylation is 2. The Morgan fingerprint density at radius 3 is 2.35 bits per heavy atom. The molecule has 0 aliphatic carbocycles. The molecule has 0 aliphatic heterocycles. The molecular formula is C34H31FNO+. The highest BCUT2D eigenvalue weighted by Crippen LogP contribution is 2.40. The van der Waals surface area contributed by atoms with Crippen LogP contribution in [0.1, 0.15) is 31.9 Å².